The molecule has 0 aliphatic carbocycles. The fourth-order valence-electron chi connectivity index (χ4n) is 3.59. The van der Waals surface area contributed by atoms with Crippen LogP contribution >= 0.6 is 0 Å². The van der Waals surface area contributed by atoms with E-state index in [-0.39, 0.29) is 10.5 Å². The fraction of sp³-hybridized carbons (Fsp3) is 0.154. The number of carbonyl (C=O) groups is 1. The van der Waals surface area contributed by atoms with Crippen LogP contribution in [0.15, 0.2) is 82.2 Å². The van der Waals surface area contributed by atoms with Crippen LogP contribution in [0.5, 0.6) is 5.75 Å². The van der Waals surface area contributed by atoms with Crippen LogP contribution in [0.2, 0.25) is 0 Å². The van der Waals surface area contributed by atoms with E-state index < -0.39 is 15.9 Å². The Kier molecular flexibility index (Phi) is 6.88. The van der Waals surface area contributed by atoms with Gasteiger partial charge in [-0.1, -0.05) is 41.6 Å². The number of amides is 1. The second-order valence-electron chi connectivity index (χ2n) is 7.83. The van der Waals surface area contributed by atoms with Gasteiger partial charge in [0.1, 0.15) is 22.8 Å². The predicted octanol–water partition coefficient (Wildman–Crippen LogP) is 5.41. The molecule has 1 heterocycles. The smallest absolute Gasteiger partial charge is 0.262 e. The van der Waals surface area contributed by atoms with E-state index in [9.17, 15) is 13.2 Å². The third-order valence-corrected chi connectivity index (χ3v) is 6.81. The molecule has 8 nitrogen and oxygen atoms in total. The first-order chi connectivity index (χ1) is 16.8. The lowest BCUT2D eigenvalue weighted by molar-refractivity contribution is 0.102. The van der Waals surface area contributed by atoms with Gasteiger partial charge in [-0.25, -0.2) is 8.42 Å². The van der Waals surface area contributed by atoms with Crippen molar-refractivity contribution in [2.75, 3.05) is 16.6 Å². The summed E-state index contributed by atoms with van der Waals surface area (Å²) in [5.74, 6) is 0.558. The Balaban J connectivity index is 1.58. The number of sulfonamides is 1. The number of anilines is 2. The van der Waals surface area contributed by atoms with Gasteiger partial charge in [-0.3, -0.25) is 9.52 Å². The average Bonchev–Trinajstić information content (AvgIpc) is 3.23. The molecule has 1 amide bonds. The van der Waals surface area contributed by atoms with Crippen LogP contribution in [0.25, 0.3) is 11.3 Å². The van der Waals surface area contributed by atoms with Gasteiger partial charge in [0.25, 0.3) is 15.9 Å². The maximum absolute atomic E-state index is 13.1. The van der Waals surface area contributed by atoms with Crippen LogP contribution in [-0.2, 0) is 10.0 Å². The Morgan fingerprint density at radius 3 is 2.34 bits per heavy atom. The van der Waals surface area contributed by atoms with E-state index in [1.54, 1.807) is 50.2 Å². The maximum atomic E-state index is 13.1. The van der Waals surface area contributed by atoms with Crippen molar-refractivity contribution in [1.82, 2.24) is 5.16 Å². The molecular weight excluding hydrogens is 466 g/mol. The maximum Gasteiger partial charge on any atom is 0.262 e. The van der Waals surface area contributed by atoms with E-state index in [0.717, 1.165) is 5.56 Å². The van der Waals surface area contributed by atoms with E-state index in [1.807, 2.05) is 37.3 Å². The molecule has 35 heavy (non-hydrogen) atoms. The Morgan fingerprint density at radius 2 is 1.66 bits per heavy atom. The molecule has 2 N–H and O–H groups in total. The number of hydrogen-bond acceptors (Lipinski definition) is 6. The largest absolute Gasteiger partial charge is 0.494 e. The molecule has 0 bridgehead atoms. The first-order valence-corrected chi connectivity index (χ1v) is 12.5. The highest BCUT2D eigenvalue weighted by Gasteiger charge is 2.23. The molecule has 0 saturated heterocycles. The second-order valence-corrected chi connectivity index (χ2v) is 9.48. The van der Waals surface area contributed by atoms with E-state index in [0.29, 0.717) is 40.7 Å². The predicted molar refractivity (Wildman–Crippen MR) is 134 cm³/mol. The lowest BCUT2D eigenvalue weighted by Gasteiger charge is -2.13. The molecule has 4 rings (SSSR count). The molecule has 180 valence electrons. The van der Waals surface area contributed by atoms with Gasteiger partial charge >= 0.3 is 0 Å². The second kappa shape index (κ2) is 10.0. The summed E-state index contributed by atoms with van der Waals surface area (Å²) >= 11 is 0. The highest BCUT2D eigenvalue weighted by molar-refractivity contribution is 7.92. The molecule has 0 atom stereocenters. The average molecular weight is 492 g/mol. The molecule has 0 radical (unpaired) electrons. The molecule has 0 saturated carbocycles. The first-order valence-electron chi connectivity index (χ1n) is 11.0. The monoisotopic (exact) mass is 491 g/mol. The topological polar surface area (TPSA) is 111 Å². The van der Waals surface area contributed by atoms with Crippen molar-refractivity contribution < 1.29 is 22.5 Å². The zero-order valence-electron chi connectivity index (χ0n) is 19.5. The Morgan fingerprint density at radius 1 is 0.971 bits per heavy atom. The third kappa shape index (κ3) is 5.36. The lowest BCUT2D eigenvalue weighted by Crippen LogP contribution is -2.17. The van der Waals surface area contributed by atoms with Crippen LogP contribution < -0.4 is 14.8 Å². The molecular formula is C26H25N3O5S. The summed E-state index contributed by atoms with van der Waals surface area (Å²) in [7, 11) is -3.91. The van der Waals surface area contributed by atoms with Crippen molar-refractivity contribution in [3.8, 4) is 17.0 Å². The van der Waals surface area contributed by atoms with Crippen molar-refractivity contribution in [1.29, 1.82) is 0 Å². The molecule has 0 fully saturated rings. The number of hydrogen-bond donors (Lipinski definition) is 2. The Hall–Kier alpha value is -4.11. The van der Waals surface area contributed by atoms with Gasteiger partial charge < -0.3 is 14.6 Å². The van der Waals surface area contributed by atoms with Gasteiger partial charge in [-0.2, -0.15) is 0 Å². The van der Waals surface area contributed by atoms with Crippen LogP contribution in [0.3, 0.4) is 0 Å². The molecule has 0 spiro atoms. The SMILES string of the molecule is CCOc1ccc(NS(=O)(=O)c2cc(NC(=O)c3c(-c4ccccc4)noc3C)ccc2C)cc1. The van der Waals surface area contributed by atoms with E-state index in [1.165, 1.54) is 6.07 Å². The Labute approximate surface area is 204 Å². The number of nitrogens with zero attached hydrogens (tertiary/aromatic N) is 1. The highest BCUT2D eigenvalue weighted by Crippen LogP contribution is 2.28. The van der Waals surface area contributed by atoms with Crippen LogP contribution in [0, 0.1) is 13.8 Å². The van der Waals surface area contributed by atoms with Crippen molar-refractivity contribution in [3.05, 3.63) is 89.7 Å². The van der Waals surface area contributed by atoms with E-state index >= 15 is 0 Å². The lowest BCUT2D eigenvalue weighted by atomic mass is 10.1. The minimum Gasteiger partial charge on any atom is -0.494 e. The van der Waals surface area contributed by atoms with E-state index in [2.05, 4.69) is 15.2 Å². The number of aromatic nitrogens is 1. The van der Waals surface area contributed by atoms with Crippen molar-refractivity contribution in [3.63, 3.8) is 0 Å². The summed E-state index contributed by atoms with van der Waals surface area (Å²) in [5, 5.41) is 6.81. The van der Waals surface area contributed by atoms with Crippen LogP contribution in [0.1, 0.15) is 28.6 Å². The summed E-state index contributed by atoms with van der Waals surface area (Å²) in [6, 6.07) is 20.6. The summed E-state index contributed by atoms with van der Waals surface area (Å²) in [5.41, 5.74) is 2.70. The molecule has 9 heteroatoms. The van der Waals surface area contributed by atoms with Gasteiger partial charge in [-0.05, 0) is 62.7 Å². The molecule has 0 unspecified atom stereocenters. The van der Waals surface area contributed by atoms with Gasteiger partial charge in [0, 0.05) is 16.9 Å². The number of nitrogens with one attached hydrogen (secondary N) is 2. The van der Waals surface area contributed by atoms with Gasteiger partial charge in [0.05, 0.1) is 11.5 Å². The zero-order chi connectivity index (χ0) is 25.0. The van der Waals surface area contributed by atoms with Crippen LogP contribution in [0.4, 0.5) is 11.4 Å². The molecule has 0 aliphatic rings. The minimum atomic E-state index is -3.91. The van der Waals surface area contributed by atoms with Crippen LogP contribution in [-0.4, -0.2) is 26.1 Å². The normalized spacial score (nSPS) is 11.2. The third-order valence-electron chi connectivity index (χ3n) is 5.29. The molecule has 3 aromatic carbocycles. The van der Waals surface area contributed by atoms with Gasteiger partial charge in [-0.15, -0.1) is 0 Å². The summed E-state index contributed by atoms with van der Waals surface area (Å²) in [6.07, 6.45) is 0. The van der Waals surface area contributed by atoms with Crippen molar-refractivity contribution in [2.45, 2.75) is 25.7 Å². The number of benzene rings is 3. The molecule has 1 aromatic heterocycles. The summed E-state index contributed by atoms with van der Waals surface area (Å²) in [4.78, 5) is 13.2. The molecule has 0 aliphatic heterocycles. The number of rotatable bonds is 8. The quantitative estimate of drug-likeness (QED) is 0.341. The summed E-state index contributed by atoms with van der Waals surface area (Å²) in [6.45, 7) is 5.73. The first kappa shape index (κ1) is 24.0. The van der Waals surface area contributed by atoms with Gasteiger partial charge in [0.2, 0.25) is 0 Å². The molecule has 4 aromatic rings. The minimum absolute atomic E-state index is 0.0505. The standard InChI is InChI=1S/C26H25N3O5S/c1-4-33-22-14-12-20(13-15-22)29-35(31,32)23-16-21(11-10-17(23)2)27-26(30)24-18(3)34-28-25(24)19-8-6-5-7-9-19/h5-16,29H,4H2,1-3H3,(H,27,30). The Bertz CT molecular complexity index is 1450. The van der Waals surface area contributed by atoms with Crippen molar-refractivity contribution in [2.24, 2.45) is 0 Å². The number of carbonyl (C=O) groups excluding carboxylic acids is 1. The highest BCUT2D eigenvalue weighted by atomic mass is 32.2. The van der Waals surface area contributed by atoms with Gasteiger partial charge in [0.15, 0.2) is 0 Å². The fourth-order valence-corrected chi connectivity index (χ4v) is 4.92. The number of ether oxygens (including phenoxy) is 1. The summed E-state index contributed by atoms with van der Waals surface area (Å²) < 4.78 is 39.5. The zero-order valence-corrected chi connectivity index (χ0v) is 20.3. The van der Waals surface area contributed by atoms with E-state index in [4.69, 9.17) is 9.26 Å². The number of aryl methyl sites for hydroxylation is 2. The van der Waals surface area contributed by atoms with Crippen molar-refractivity contribution >= 4 is 27.3 Å².